The molecule has 5 aromatic rings. The molecular formula is C24H14Cl2N4O3S. The van der Waals surface area contributed by atoms with E-state index in [0.717, 1.165) is 15.6 Å². The fraction of sp³-hybridized carbons (Fsp3) is 0. The van der Waals surface area contributed by atoms with Gasteiger partial charge in [-0.1, -0.05) is 58.6 Å². The third-order valence-electron chi connectivity index (χ3n) is 4.85. The zero-order chi connectivity index (χ0) is 23.7. The summed E-state index contributed by atoms with van der Waals surface area (Å²) in [6, 6.07) is 20.9. The van der Waals surface area contributed by atoms with Gasteiger partial charge in [0.15, 0.2) is 0 Å². The van der Waals surface area contributed by atoms with E-state index in [1.165, 1.54) is 11.3 Å². The van der Waals surface area contributed by atoms with Gasteiger partial charge in [-0.2, -0.15) is 0 Å². The Kier molecular flexibility index (Phi) is 6.02. The highest BCUT2D eigenvalue weighted by Crippen LogP contribution is 2.37. The topological polar surface area (TPSA) is 97.1 Å². The predicted octanol–water partition coefficient (Wildman–Crippen LogP) is 6.76. The molecule has 0 bridgehead atoms. The van der Waals surface area contributed by atoms with Crippen LogP contribution in [0.25, 0.3) is 21.5 Å². The molecule has 0 saturated carbocycles. The third kappa shape index (κ3) is 4.51. The minimum atomic E-state index is -0.464. The Morgan fingerprint density at radius 3 is 2.50 bits per heavy atom. The largest absolute Gasteiger partial charge is 0.403 e. The van der Waals surface area contributed by atoms with Gasteiger partial charge >= 0.3 is 6.01 Å². The molecule has 0 radical (unpaired) electrons. The van der Waals surface area contributed by atoms with Gasteiger partial charge in [0.25, 0.3) is 11.8 Å². The van der Waals surface area contributed by atoms with Crippen LogP contribution in [0.4, 0.5) is 11.7 Å². The maximum atomic E-state index is 12.8. The van der Waals surface area contributed by atoms with Gasteiger partial charge in [0.1, 0.15) is 4.88 Å². The molecule has 0 aliphatic rings. The monoisotopic (exact) mass is 508 g/mol. The van der Waals surface area contributed by atoms with Crippen LogP contribution in [0.3, 0.4) is 0 Å². The van der Waals surface area contributed by atoms with E-state index < -0.39 is 5.91 Å². The molecule has 168 valence electrons. The zero-order valence-corrected chi connectivity index (χ0v) is 19.5. The number of hydrogen-bond acceptors (Lipinski definition) is 6. The molecule has 0 atom stereocenters. The molecule has 7 nitrogen and oxygen atoms in total. The van der Waals surface area contributed by atoms with Crippen LogP contribution in [-0.4, -0.2) is 22.0 Å². The number of aromatic nitrogens is 2. The summed E-state index contributed by atoms with van der Waals surface area (Å²) in [5, 5.41) is 14.8. The van der Waals surface area contributed by atoms with E-state index in [0.29, 0.717) is 32.1 Å². The van der Waals surface area contributed by atoms with Crippen molar-refractivity contribution in [1.29, 1.82) is 0 Å². The number of amides is 2. The molecule has 0 spiro atoms. The van der Waals surface area contributed by atoms with Crippen molar-refractivity contribution in [3.05, 3.63) is 93.3 Å². The van der Waals surface area contributed by atoms with E-state index in [1.54, 1.807) is 42.5 Å². The van der Waals surface area contributed by atoms with Crippen molar-refractivity contribution >= 4 is 68.1 Å². The van der Waals surface area contributed by atoms with Crippen LogP contribution in [-0.2, 0) is 0 Å². The molecule has 0 aliphatic heterocycles. The van der Waals surface area contributed by atoms with Crippen molar-refractivity contribution in [3.8, 4) is 11.5 Å². The molecule has 0 unspecified atom stereocenters. The number of nitrogens with one attached hydrogen (secondary N) is 2. The summed E-state index contributed by atoms with van der Waals surface area (Å²) in [5.74, 6) is -0.559. The Morgan fingerprint density at radius 2 is 1.68 bits per heavy atom. The van der Waals surface area contributed by atoms with E-state index in [9.17, 15) is 9.59 Å². The highest BCUT2D eigenvalue weighted by molar-refractivity contribution is 7.21. The van der Waals surface area contributed by atoms with E-state index in [2.05, 4.69) is 20.8 Å². The Morgan fingerprint density at radius 1 is 0.853 bits per heavy atom. The second kappa shape index (κ2) is 9.26. The van der Waals surface area contributed by atoms with E-state index in [4.69, 9.17) is 27.6 Å². The SMILES string of the molecule is O=C(Nc1nnc(-c2ccccc2)o1)c1cccc(NC(=O)c2sc3cc(Cl)ccc3c2Cl)c1. The molecule has 5 rings (SSSR count). The molecule has 0 saturated heterocycles. The predicted molar refractivity (Wildman–Crippen MR) is 134 cm³/mol. The van der Waals surface area contributed by atoms with Gasteiger partial charge in [-0.3, -0.25) is 14.9 Å². The fourth-order valence-corrected chi connectivity index (χ4v) is 4.94. The van der Waals surface area contributed by atoms with E-state index in [1.807, 2.05) is 30.3 Å². The first-order chi connectivity index (χ1) is 16.5. The van der Waals surface area contributed by atoms with Crippen molar-refractivity contribution in [2.24, 2.45) is 0 Å². The first-order valence-corrected chi connectivity index (χ1v) is 11.5. The number of hydrogen-bond donors (Lipinski definition) is 2. The number of nitrogens with zero attached hydrogens (tertiary/aromatic N) is 2. The summed E-state index contributed by atoms with van der Waals surface area (Å²) >= 11 is 13.7. The second-order valence-electron chi connectivity index (χ2n) is 7.15. The quantitative estimate of drug-likeness (QED) is 0.273. The highest BCUT2D eigenvalue weighted by Gasteiger charge is 2.18. The maximum Gasteiger partial charge on any atom is 0.322 e. The Bertz CT molecular complexity index is 1530. The van der Waals surface area contributed by atoms with Gasteiger partial charge in [-0.25, -0.2) is 0 Å². The first kappa shape index (κ1) is 22.1. The maximum absolute atomic E-state index is 12.8. The smallest absolute Gasteiger partial charge is 0.322 e. The number of rotatable bonds is 5. The number of anilines is 2. The van der Waals surface area contributed by atoms with E-state index >= 15 is 0 Å². The average Bonchev–Trinajstić information content (AvgIpc) is 3.44. The van der Waals surface area contributed by atoms with Crippen LogP contribution >= 0.6 is 34.5 Å². The molecule has 10 heteroatoms. The summed E-state index contributed by atoms with van der Waals surface area (Å²) in [7, 11) is 0. The zero-order valence-electron chi connectivity index (χ0n) is 17.2. The summed E-state index contributed by atoms with van der Waals surface area (Å²) in [4.78, 5) is 25.9. The normalized spacial score (nSPS) is 10.9. The van der Waals surface area contributed by atoms with Crippen molar-refractivity contribution in [1.82, 2.24) is 10.2 Å². The molecule has 0 fully saturated rings. The Labute approximate surface area is 207 Å². The molecule has 3 aromatic carbocycles. The molecule has 2 N–H and O–H groups in total. The van der Waals surface area contributed by atoms with Crippen molar-refractivity contribution in [2.75, 3.05) is 10.6 Å². The Balaban J connectivity index is 1.31. The first-order valence-electron chi connectivity index (χ1n) is 9.97. The summed E-state index contributed by atoms with van der Waals surface area (Å²) in [6.45, 7) is 0. The van der Waals surface area contributed by atoms with Crippen LogP contribution in [0, 0.1) is 0 Å². The lowest BCUT2D eigenvalue weighted by Gasteiger charge is -2.06. The number of carbonyl (C=O) groups is 2. The Hall–Kier alpha value is -3.72. The second-order valence-corrected chi connectivity index (χ2v) is 9.02. The molecule has 2 amide bonds. The van der Waals surface area contributed by atoms with Gasteiger partial charge in [0.05, 0.1) is 5.02 Å². The lowest BCUT2D eigenvalue weighted by molar-refractivity contribution is 0.101. The van der Waals surface area contributed by atoms with Gasteiger partial charge in [-0.05, 0) is 42.5 Å². The highest BCUT2D eigenvalue weighted by atomic mass is 35.5. The number of benzene rings is 3. The molecule has 34 heavy (non-hydrogen) atoms. The summed E-state index contributed by atoms with van der Waals surface area (Å²) in [6.07, 6.45) is 0. The lowest BCUT2D eigenvalue weighted by Crippen LogP contribution is -2.14. The average molecular weight is 509 g/mol. The molecule has 2 heterocycles. The standard InChI is InChI=1S/C24H14Cl2N4O3S/c25-15-9-10-17-18(12-15)34-20(19(17)26)22(32)27-16-8-4-7-14(11-16)21(31)28-24-30-29-23(33-24)13-5-2-1-3-6-13/h1-12H,(H,27,32)(H,28,30,31). The molecular weight excluding hydrogens is 495 g/mol. The molecule has 0 aliphatic carbocycles. The van der Waals surface area contributed by atoms with Gasteiger partial charge < -0.3 is 9.73 Å². The van der Waals surface area contributed by atoms with Crippen molar-refractivity contribution < 1.29 is 14.0 Å². The van der Waals surface area contributed by atoms with Crippen molar-refractivity contribution in [2.45, 2.75) is 0 Å². The fourth-order valence-electron chi connectivity index (χ4n) is 3.25. The number of thiophene rings is 1. The van der Waals surface area contributed by atoms with Crippen LogP contribution in [0.5, 0.6) is 0 Å². The lowest BCUT2D eigenvalue weighted by atomic mass is 10.2. The van der Waals surface area contributed by atoms with Gasteiger partial charge in [0.2, 0.25) is 5.89 Å². The van der Waals surface area contributed by atoms with E-state index in [-0.39, 0.29) is 11.9 Å². The number of halogens is 2. The van der Waals surface area contributed by atoms with Crippen LogP contribution in [0.1, 0.15) is 20.0 Å². The van der Waals surface area contributed by atoms with Crippen LogP contribution in [0.15, 0.2) is 77.2 Å². The van der Waals surface area contributed by atoms with Crippen molar-refractivity contribution in [3.63, 3.8) is 0 Å². The minimum Gasteiger partial charge on any atom is -0.403 e. The van der Waals surface area contributed by atoms with Gasteiger partial charge in [-0.15, -0.1) is 16.4 Å². The number of carbonyl (C=O) groups excluding carboxylic acids is 2. The molecule has 2 aromatic heterocycles. The van der Waals surface area contributed by atoms with Gasteiger partial charge in [0, 0.05) is 31.9 Å². The van der Waals surface area contributed by atoms with Crippen LogP contribution < -0.4 is 10.6 Å². The number of fused-ring (bicyclic) bond motifs is 1. The summed E-state index contributed by atoms with van der Waals surface area (Å²) < 4.78 is 6.33. The minimum absolute atomic E-state index is 0.0333. The summed E-state index contributed by atoms with van der Waals surface area (Å²) in [5.41, 5.74) is 1.47. The third-order valence-corrected chi connectivity index (χ3v) is 6.74. The van der Waals surface area contributed by atoms with Crippen LogP contribution in [0.2, 0.25) is 10.0 Å².